The SMILES string of the molecule is CC1CCC(CNC(=O)C2NC3CCCCC(C)N3C(=O)C2=O)CC1F. The fourth-order valence-electron chi connectivity index (χ4n) is 4.46. The summed E-state index contributed by atoms with van der Waals surface area (Å²) in [5, 5.41) is 5.85. The molecule has 2 aliphatic heterocycles. The molecule has 3 rings (SSSR count). The summed E-state index contributed by atoms with van der Waals surface area (Å²) in [6.07, 6.45) is 4.64. The molecular weight excluding hydrogens is 337 g/mol. The second-order valence-corrected chi connectivity index (χ2v) is 8.24. The molecule has 2 saturated heterocycles. The average Bonchev–Trinajstić information content (AvgIpc) is 2.80. The van der Waals surface area contributed by atoms with E-state index in [0.29, 0.717) is 13.0 Å². The van der Waals surface area contributed by atoms with Crippen LogP contribution in [0.3, 0.4) is 0 Å². The topological polar surface area (TPSA) is 78.5 Å². The van der Waals surface area contributed by atoms with E-state index in [-0.39, 0.29) is 24.0 Å². The summed E-state index contributed by atoms with van der Waals surface area (Å²) >= 11 is 0. The average molecular weight is 367 g/mol. The lowest BCUT2D eigenvalue weighted by atomic mass is 9.81. The summed E-state index contributed by atoms with van der Waals surface area (Å²) in [5.41, 5.74) is 0. The first-order valence-corrected chi connectivity index (χ1v) is 9.92. The second kappa shape index (κ2) is 8.03. The number of hydrogen-bond acceptors (Lipinski definition) is 4. The van der Waals surface area contributed by atoms with Crippen LogP contribution in [0.5, 0.6) is 0 Å². The van der Waals surface area contributed by atoms with Crippen molar-refractivity contribution in [2.45, 2.75) is 83.2 Å². The molecule has 0 spiro atoms. The molecule has 6 nitrogen and oxygen atoms in total. The Bertz CT molecular complexity index is 570. The van der Waals surface area contributed by atoms with Gasteiger partial charge < -0.3 is 10.2 Å². The maximum Gasteiger partial charge on any atom is 0.293 e. The summed E-state index contributed by atoms with van der Waals surface area (Å²) in [6, 6.07) is -1.13. The van der Waals surface area contributed by atoms with Gasteiger partial charge in [0.25, 0.3) is 5.91 Å². The monoisotopic (exact) mass is 367 g/mol. The molecule has 0 aromatic carbocycles. The number of rotatable bonds is 3. The summed E-state index contributed by atoms with van der Waals surface area (Å²) in [6.45, 7) is 4.22. The van der Waals surface area contributed by atoms with E-state index in [1.165, 1.54) is 0 Å². The first-order chi connectivity index (χ1) is 12.4. The predicted molar refractivity (Wildman–Crippen MR) is 94.9 cm³/mol. The van der Waals surface area contributed by atoms with Crippen molar-refractivity contribution in [1.82, 2.24) is 15.5 Å². The first-order valence-electron chi connectivity index (χ1n) is 9.92. The molecule has 146 valence electrons. The van der Waals surface area contributed by atoms with Gasteiger partial charge in [-0.2, -0.15) is 0 Å². The van der Waals surface area contributed by atoms with Gasteiger partial charge in [0.1, 0.15) is 6.17 Å². The zero-order chi connectivity index (χ0) is 18.8. The maximum absolute atomic E-state index is 13.9. The van der Waals surface area contributed by atoms with Crippen molar-refractivity contribution in [1.29, 1.82) is 0 Å². The zero-order valence-corrected chi connectivity index (χ0v) is 15.7. The minimum atomic E-state index is -1.13. The van der Waals surface area contributed by atoms with Gasteiger partial charge in [-0.1, -0.05) is 13.3 Å². The number of nitrogens with one attached hydrogen (secondary N) is 2. The van der Waals surface area contributed by atoms with Gasteiger partial charge in [0.2, 0.25) is 11.7 Å². The van der Waals surface area contributed by atoms with Crippen molar-refractivity contribution >= 4 is 17.6 Å². The van der Waals surface area contributed by atoms with Crippen LogP contribution in [0.15, 0.2) is 0 Å². The molecule has 0 radical (unpaired) electrons. The van der Waals surface area contributed by atoms with Crippen LogP contribution in [0.25, 0.3) is 0 Å². The van der Waals surface area contributed by atoms with E-state index in [2.05, 4.69) is 10.6 Å². The van der Waals surface area contributed by atoms with E-state index in [0.717, 1.165) is 38.5 Å². The number of nitrogens with zero attached hydrogens (tertiary/aromatic N) is 1. The van der Waals surface area contributed by atoms with Crippen LogP contribution in [-0.2, 0) is 14.4 Å². The second-order valence-electron chi connectivity index (χ2n) is 8.24. The third-order valence-electron chi connectivity index (χ3n) is 6.26. The molecule has 3 aliphatic rings. The highest BCUT2D eigenvalue weighted by Crippen LogP contribution is 2.30. The minimum absolute atomic E-state index is 0.00109. The van der Waals surface area contributed by atoms with Gasteiger partial charge in [-0.3, -0.25) is 19.7 Å². The van der Waals surface area contributed by atoms with Gasteiger partial charge in [0.15, 0.2) is 6.04 Å². The highest BCUT2D eigenvalue weighted by Gasteiger charge is 2.45. The van der Waals surface area contributed by atoms with E-state index in [9.17, 15) is 18.8 Å². The van der Waals surface area contributed by atoms with Crippen LogP contribution in [0.2, 0.25) is 0 Å². The Hall–Kier alpha value is -1.50. The summed E-state index contributed by atoms with van der Waals surface area (Å²) < 4.78 is 13.9. The van der Waals surface area contributed by atoms with Crippen molar-refractivity contribution in [2.24, 2.45) is 11.8 Å². The number of Topliss-reactive ketones (excluding diaryl/α,β-unsaturated/α-hetero) is 1. The summed E-state index contributed by atoms with van der Waals surface area (Å²) in [4.78, 5) is 39.1. The predicted octanol–water partition coefficient (Wildman–Crippen LogP) is 1.53. The van der Waals surface area contributed by atoms with Crippen LogP contribution in [0.1, 0.15) is 58.8 Å². The van der Waals surface area contributed by atoms with E-state index in [4.69, 9.17) is 0 Å². The zero-order valence-electron chi connectivity index (χ0n) is 15.7. The number of fused-ring (bicyclic) bond motifs is 1. The third-order valence-corrected chi connectivity index (χ3v) is 6.26. The smallest absolute Gasteiger partial charge is 0.293 e. The van der Waals surface area contributed by atoms with Crippen molar-refractivity contribution in [3.05, 3.63) is 0 Å². The van der Waals surface area contributed by atoms with Crippen LogP contribution in [-0.4, -0.2) is 53.5 Å². The molecule has 7 heteroatoms. The molecule has 6 atom stereocenters. The third kappa shape index (κ3) is 3.92. The Morgan fingerprint density at radius 3 is 2.65 bits per heavy atom. The van der Waals surface area contributed by atoms with Crippen molar-refractivity contribution in [3.63, 3.8) is 0 Å². The highest BCUT2D eigenvalue weighted by molar-refractivity contribution is 6.42. The van der Waals surface area contributed by atoms with E-state index >= 15 is 0 Å². The van der Waals surface area contributed by atoms with Gasteiger partial charge >= 0.3 is 0 Å². The van der Waals surface area contributed by atoms with Gasteiger partial charge in [0, 0.05) is 12.6 Å². The quantitative estimate of drug-likeness (QED) is 0.586. The lowest BCUT2D eigenvalue weighted by Crippen LogP contribution is -2.68. The number of carbonyl (C=O) groups is 3. The molecule has 1 aliphatic carbocycles. The van der Waals surface area contributed by atoms with Crippen LogP contribution < -0.4 is 10.6 Å². The number of halogens is 1. The molecule has 0 bridgehead atoms. The van der Waals surface area contributed by atoms with Crippen molar-refractivity contribution in [2.75, 3.05) is 6.54 Å². The lowest BCUT2D eigenvalue weighted by molar-refractivity contribution is -0.156. The van der Waals surface area contributed by atoms with Crippen molar-refractivity contribution in [3.8, 4) is 0 Å². The molecular formula is C19H30FN3O3. The van der Waals surface area contributed by atoms with E-state index in [1.807, 2.05) is 13.8 Å². The summed E-state index contributed by atoms with van der Waals surface area (Å²) in [7, 11) is 0. The molecule has 26 heavy (non-hydrogen) atoms. The van der Waals surface area contributed by atoms with Gasteiger partial charge in [-0.25, -0.2) is 4.39 Å². The molecule has 0 aromatic rings. The summed E-state index contributed by atoms with van der Waals surface area (Å²) in [5.74, 6) is -1.54. The Morgan fingerprint density at radius 1 is 1.19 bits per heavy atom. The largest absolute Gasteiger partial charge is 0.354 e. The molecule has 6 unspecified atom stereocenters. The van der Waals surface area contributed by atoms with E-state index in [1.54, 1.807) is 4.90 Å². The standard InChI is InChI=1S/C19H30FN3O3/c1-11-7-8-13(9-14(11)20)10-21-18(25)16-17(24)19(26)23-12(2)5-3-4-6-15(23)22-16/h11-16,22H,3-10H2,1-2H3,(H,21,25). The van der Waals surface area contributed by atoms with E-state index < -0.39 is 29.8 Å². The normalized spacial score (nSPS) is 38.5. The lowest BCUT2D eigenvalue weighted by Gasteiger charge is -2.40. The molecule has 2 amide bonds. The Labute approximate surface area is 154 Å². The van der Waals surface area contributed by atoms with Gasteiger partial charge in [0.05, 0.1) is 6.17 Å². The molecule has 3 fully saturated rings. The fourth-order valence-corrected chi connectivity index (χ4v) is 4.46. The molecule has 2 heterocycles. The Balaban J connectivity index is 1.59. The maximum atomic E-state index is 13.9. The van der Waals surface area contributed by atoms with Crippen molar-refractivity contribution < 1.29 is 18.8 Å². The molecule has 2 N–H and O–H groups in total. The number of alkyl halides is 1. The number of hydrogen-bond donors (Lipinski definition) is 2. The van der Waals surface area contributed by atoms with Crippen LogP contribution in [0.4, 0.5) is 4.39 Å². The number of amides is 2. The highest BCUT2D eigenvalue weighted by atomic mass is 19.1. The van der Waals surface area contributed by atoms with Gasteiger partial charge in [-0.15, -0.1) is 0 Å². The minimum Gasteiger partial charge on any atom is -0.354 e. The van der Waals surface area contributed by atoms with Crippen LogP contribution in [0, 0.1) is 11.8 Å². The molecule has 0 aromatic heterocycles. The first kappa shape index (κ1) is 19.3. The number of carbonyl (C=O) groups excluding carboxylic acids is 3. The molecule has 1 saturated carbocycles. The van der Waals surface area contributed by atoms with Gasteiger partial charge in [-0.05, 0) is 57.3 Å². The van der Waals surface area contributed by atoms with Crippen LogP contribution >= 0.6 is 0 Å². The fraction of sp³-hybridized carbons (Fsp3) is 0.842. The Kier molecular flexibility index (Phi) is 5.95. The Morgan fingerprint density at radius 2 is 1.92 bits per heavy atom. The number of ketones is 1.